The van der Waals surface area contributed by atoms with Crippen molar-refractivity contribution in [3.05, 3.63) is 82.8 Å². The molecular weight excluding hydrogens is 361 g/mol. The Labute approximate surface area is 161 Å². The van der Waals surface area contributed by atoms with Crippen LogP contribution in [-0.4, -0.2) is 12.5 Å². The number of carbonyl (C=O) groups is 1. The minimum atomic E-state index is -0.291. The summed E-state index contributed by atoms with van der Waals surface area (Å²) < 4.78 is 19.2. The molecule has 0 saturated heterocycles. The first-order valence-electron chi connectivity index (χ1n) is 8.66. The summed E-state index contributed by atoms with van der Waals surface area (Å²) in [5.74, 6) is 0.428. The monoisotopic (exact) mass is 379 g/mol. The Morgan fingerprint density at radius 3 is 2.81 bits per heavy atom. The second kappa shape index (κ2) is 7.37. The highest BCUT2D eigenvalue weighted by molar-refractivity contribution is 7.11. The molecule has 1 aromatic heterocycles. The van der Waals surface area contributed by atoms with Crippen LogP contribution in [0.4, 0.5) is 10.1 Å². The highest BCUT2D eigenvalue weighted by Crippen LogP contribution is 2.46. The van der Waals surface area contributed by atoms with E-state index in [2.05, 4.69) is 11.9 Å². The summed E-state index contributed by atoms with van der Waals surface area (Å²) in [6.07, 6.45) is 2.09. The van der Waals surface area contributed by atoms with E-state index in [1.807, 2.05) is 35.7 Å². The average Bonchev–Trinajstić information content (AvgIpc) is 3.10. The van der Waals surface area contributed by atoms with E-state index >= 15 is 0 Å². The van der Waals surface area contributed by atoms with Crippen molar-refractivity contribution < 1.29 is 13.9 Å². The Hall–Kier alpha value is -2.92. The Kier molecular flexibility index (Phi) is 4.77. The van der Waals surface area contributed by atoms with Crippen LogP contribution in [0.2, 0.25) is 0 Å². The molecule has 0 spiro atoms. The third-order valence-corrected chi connectivity index (χ3v) is 5.67. The van der Waals surface area contributed by atoms with Crippen molar-refractivity contribution in [2.75, 3.05) is 11.9 Å². The SMILES string of the molecule is C=CCOc1ccc(C2CC(=O)Nc3c(-c4cccc(F)c4)csc32)cc1. The van der Waals surface area contributed by atoms with Gasteiger partial charge in [0.25, 0.3) is 0 Å². The summed E-state index contributed by atoms with van der Waals surface area (Å²) in [6, 6.07) is 14.2. The summed E-state index contributed by atoms with van der Waals surface area (Å²) >= 11 is 1.59. The first-order valence-corrected chi connectivity index (χ1v) is 9.54. The quantitative estimate of drug-likeness (QED) is 0.587. The van der Waals surface area contributed by atoms with Crippen LogP contribution in [0.1, 0.15) is 22.8 Å². The molecule has 1 unspecified atom stereocenters. The predicted octanol–water partition coefficient (Wildman–Crippen LogP) is 5.59. The first kappa shape index (κ1) is 17.5. The molecule has 0 saturated carbocycles. The summed E-state index contributed by atoms with van der Waals surface area (Å²) in [6.45, 7) is 4.10. The number of halogens is 1. The van der Waals surface area contributed by atoms with Crippen LogP contribution in [0.3, 0.4) is 0 Å². The number of benzene rings is 2. The molecule has 1 amide bonds. The summed E-state index contributed by atoms with van der Waals surface area (Å²) in [7, 11) is 0. The molecule has 5 heteroatoms. The molecule has 3 nitrogen and oxygen atoms in total. The highest BCUT2D eigenvalue weighted by atomic mass is 32.1. The maximum Gasteiger partial charge on any atom is 0.225 e. The van der Waals surface area contributed by atoms with Crippen LogP contribution in [0.15, 0.2) is 66.6 Å². The highest BCUT2D eigenvalue weighted by Gasteiger charge is 2.30. The topological polar surface area (TPSA) is 38.3 Å². The van der Waals surface area contributed by atoms with Gasteiger partial charge in [0.2, 0.25) is 5.91 Å². The zero-order valence-electron chi connectivity index (χ0n) is 14.6. The van der Waals surface area contributed by atoms with Crippen LogP contribution in [-0.2, 0) is 4.79 Å². The molecule has 4 rings (SSSR count). The molecular formula is C22H18FNO2S. The zero-order valence-corrected chi connectivity index (χ0v) is 15.4. The minimum absolute atomic E-state index is 0.0190. The van der Waals surface area contributed by atoms with Gasteiger partial charge in [-0.05, 0) is 35.4 Å². The van der Waals surface area contributed by atoms with E-state index in [0.717, 1.165) is 33.0 Å². The number of hydrogen-bond donors (Lipinski definition) is 1. The fourth-order valence-corrected chi connectivity index (χ4v) is 4.48. The molecule has 1 atom stereocenters. The van der Waals surface area contributed by atoms with Gasteiger partial charge < -0.3 is 10.1 Å². The van der Waals surface area contributed by atoms with Gasteiger partial charge in [-0.25, -0.2) is 4.39 Å². The van der Waals surface area contributed by atoms with Gasteiger partial charge in [0.15, 0.2) is 0 Å². The van der Waals surface area contributed by atoms with Gasteiger partial charge in [0.05, 0.1) is 5.69 Å². The maximum absolute atomic E-state index is 13.6. The standard InChI is InChI=1S/C22H18FNO2S/c1-2-10-26-17-8-6-14(7-9-17)18-12-20(25)24-21-19(13-27-22(18)21)15-4-3-5-16(23)11-15/h2-9,11,13,18H,1,10,12H2,(H,24,25). The Morgan fingerprint density at radius 1 is 1.26 bits per heavy atom. The van der Waals surface area contributed by atoms with Gasteiger partial charge in [-0.1, -0.05) is 36.9 Å². The number of hydrogen-bond acceptors (Lipinski definition) is 3. The fraction of sp³-hybridized carbons (Fsp3) is 0.136. The zero-order chi connectivity index (χ0) is 18.8. The van der Waals surface area contributed by atoms with Crippen molar-refractivity contribution in [1.82, 2.24) is 0 Å². The number of thiophene rings is 1. The lowest BCUT2D eigenvalue weighted by Gasteiger charge is -2.24. The lowest BCUT2D eigenvalue weighted by Crippen LogP contribution is -2.22. The van der Waals surface area contributed by atoms with Crippen molar-refractivity contribution in [1.29, 1.82) is 0 Å². The number of ether oxygens (including phenoxy) is 1. The van der Waals surface area contributed by atoms with Gasteiger partial charge in [-0.2, -0.15) is 0 Å². The van der Waals surface area contributed by atoms with E-state index in [-0.39, 0.29) is 17.6 Å². The van der Waals surface area contributed by atoms with E-state index in [1.54, 1.807) is 23.5 Å². The smallest absolute Gasteiger partial charge is 0.225 e. The molecule has 27 heavy (non-hydrogen) atoms. The van der Waals surface area contributed by atoms with Crippen LogP contribution in [0.5, 0.6) is 5.75 Å². The average molecular weight is 379 g/mol. The number of rotatable bonds is 5. The van der Waals surface area contributed by atoms with E-state index in [4.69, 9.17) is 4.74 Å². The van der Waals surface area contributed by atoms with Crippen LogP contribution < -0.4 is 10.1 Å². The van der Waals surface area contributed by atoms with Crippen LogP contribution in [0, 0.1) is 5.82 Å². The summed E-state index contributed by atoms with van der Waals surface area (Å²) in [5.41, 5.74) is 3.48. The molecule has 1 aliphatic heterocycles. The van der Waals surface area contributed by atoms with Crippen molar-refractivity contribution in [2.24, 2.45) is 0 Å². The third kappa shape index (κ3) is 3.51. The maximum atomic E-state index is 13.6. The molecule has 3 aromatic rings. The molecule has 0 fully saturated rings. The van der Waals surface area contributed by atoms with Crippen LogP contribution in [0.25, 0.3) is 11.1 Å². The van der Waals surface area contributed by atoms with Crippen molar-refractivity contribution in [2.45, 2.75) is 12.3 Å². The second-order valence-corrected chi connectivity index (χ2v) is 7.28. The van der Waals surface area contributed by atoms with Crippen molar-refractivity contribution in [3.63, 3.8) is 0 Å². The third-order valence-electron chi connectivity index (χ3n) is 4.58. The second-order valence-electron chi connectivity index (χ2n) is 6.37. The number of fused-ring (bicyclic) bond motifs is 1. The predicted molar refractivity (Wildman–Crippen MR) is 107 cm³/mol. The molecule has 1 aliphatic rings. The van der Waals surface area contributed by atoms with Gasteiger partial charge in [-0.3, -0.25) is 4.79 Å². The molecule has 0 aliphatic carbocycles. The Bertz CT molecular complexity index is 994. The van der Waals surface area contributed by atoms with Crippen LogP contribution >= 0.6 is 11.3 Å². The fourth-order valence-electron chi connectivity index (χ4n) is 3.32. The van der Waals surface area contributed by atoms with Crippen molar-refractivity contribution >= 4 is 22.9 Å². The normalized spacial score (nSPS) is 15.7. The van der Waals surface area contributed by atoms with Crippen molar-refractivity contribution in [3.8, 4) is 16.9 Å². The molecule has 2 aromatic carbocycles. The summed E-state index contributed by atoms with van der Waals surface area (Å²) in [4.78, 5) is 13.4. The van der Waals surface area contributed by atoms with E-state index in [1.165, 1.54) is 12.1 Å². The molecule has 0 bridgehead atoms. The lowest BCUT2D eigenvalue weighted by atomic mass is 9.89. The minimum Gasteiger partial charge on any atom is -0.490 e. The van der Waals surface area contributed by atoms with Gasteiger partial charge in [-0.15, -0.1) is 11.3 Å². The number of carbonyl (C=O) groups excluding carboxylic acids is 1. The van der Waals surface area contributed by atoms with Gasteiger partial charge in [0.1, 0.15) is 18.2 Å². The molecule has 1 N–H and O–H groups in total. The lowest BCUT2D eigenvalue weighted by molar-refractivity contribution is -0.116. The van der Waals surface area contributed by atoms with Gasteiger partial charge >= 0.3 is 0 Å². The number of amides is 1. The molecule has 136 valence electrons. The first-order chi connectivity index (χ1) is 13.2. The molecule has 0 radical (unpaired) electrons. The molecule has 2 heterocycles. The largest absolute Gasteiger partial charge is 0.490 e. The number of nitrogens with one attached hydrogen (secondary N) is 1. The van der Waals surface area contributed by atoms with Gasteiger partial charge in [0, 0.05) is 28.2 Å². The Balaban J connectivity index is 1.70. The van der Waals surface area contributed by atoms with E-state index in [0.29, 0.717) is 13.0 Å². The van der Waals surface area contributed by atoms with E-state index in [9.17, 15) is 9.18 Å². The Morgan fingerprint density at radius 2 is 2.07 bits per heavy atom. The summed E-state index contributed by atoms with van der Waals surface area (Å²) in [5, 5.41) is 4.96. The number of anilines is 1. The van der Waals surface area contributed by atoms with E-state index < -0.39 is 0 Å².